The van der Waals surface area contributed by atoms with Gasteiger partial charge in [-0.25, -0.2) is 0 Å². The number of hydrogen-bond acceptors (Lipinski definition) is 7. The molecule has 126 valence electrons. The van der Waals surface area contributed by atoms with Gasteiger partial charge in [-0.15, -0.1) is 20.4 Å². The van der Waals surface area contributed by atoms with Gasteiger partial charge in [0, 0.05) is 12.5 Å². The van der Waals surface area contributed by atoms with Crippen molar-refractivity contribution in [2.45, 2.75) is 57.0 Å². The van der Waals surface area contributed by atoms with E-state index in [0.29, 0.717) is 23.5 Å². The molecule has 0 spiro atoms. The summed E-state index contributed by atoms with van der Waals surface area (Å²) in [6.07, 6.45) is 2.44. The monoisotopic (exact) mass is 345 g/mol. The predicted molar refractivity (Wildman–Crippen MR) is 88.7 cm³/mol. The van der Waals surface area contributed by atoms with Gasteiger partial charge in [-0.3, -0.25) is 0 Å². The van der Waals surface area contributed by atoms with Crippen LogP contribution < -0.4 is 0 Å². The molecule has 8 heteroatoms. The minimum absolute atomic E-state index is 0.496. The summed E-state index contributed by atoms with van der Waals surface area (Å²) >= 11 is 1.58. The minimum Gasteiger partial charge on any atom is -0.466 e. The fraction of sp³-hybridized carbons (Fsp3) is 0.500. The average molecular weight is 345 g/mol. The van der Waals surface area contributed by atoms with Crippen molar-refractivity contribution in [3.8, 4) is 11.5 Å². The zero-order chi connectivity index (χ0) is 16.7. The minimum atomic E-state index is 0.496. The van der Waals surface area contributed by atoms with E-state index in [0.717, 1.165) is 34.6 Å². The Balaban J connectivity index is 1.48. The van der Waals surface area contributed by atoms with Gasteiger partial charge in [0.25, 0.3) is 5.89 Å². The molecule has 3 aromatic heterocycles. The van der Waals surface area contributed by atoms with Crippen LogP contribution in [0.2, 0.25) is 0 Å². The van der Waals surface area contributed by atoms with E-state index in [2.05, 4.69) is 31.9 Å². The lowest BCUT2D eigenvalue weighted by atomic mass is 10.2. The topological polar surface area (TPSA) is 82.8 Å². The van der Waals surface area contributed by atoms with Crippen LogP contribution in [0.5, 0.6) is 0 Å². The molecule has 7 nitrogen and oxygen atoms in total. The molecular formula is C16H19N5O2S. The molecule has 0 unspecified atom stereocenters. The molecular weight excluding hydrogens is 326 g/mol. The Hall–Kier alpha value is -2.09. The van der Waals surface area contributed by atoms with Gasteiger partial charge in [-0.2, -0.15) is 0 Å². The van der Waals surface area contributed by atoms with Crippen molar-refractivity contribution in [3.63, 3.8) is 0 Å². The van der Waals surface area contributed by atoms with E-state index in [9.17, 15) is 0 Å². The summed E-state index contributed by atoms with van der Waals surface area (Å²) in [6, 6.07) is 1.91. The first-order valence-electron chi connectivity index (χ1n) is 8.11. The van der Waals surface area contributed by atoms with E-state index in [1.54, 1.807) is 11.8 Å². The van der Waals surface area contributed by atoms with Crippen molar-refractivity contribution in [1.82, 2.24) is 25.0 Å². The van der Waals surface area contributed by atoms with Crippen LogP contribution in [0, 0.1) is 13.8 Å². The maximum Gasteiger partial charge on any atom is 0.251 e. The second-order valence-electron chi connectivity index (χ2n) is 5.98. The van der Waals surface area contributed by atoms with E-state index >= 15 is 0 Å². The van der Waals surface area contributed by atoms with Crippen LogP contribution >= 0.6 is 11.8 Å². The lowest BCUT2D eigenvalue weighted by Gasteiger charge is -2.04. The molecule has 0 radical (unpaired) electrons. The number of furan rings is 1. The predicted octanol–water partition coefficient (Wildman–Crippen LogP) is 3.73. The molecule has 0 saturated heterocycles. The zero-order valence-corrected chi connectivity index (χ0v) is 14.8. The Labute approximate surface area is 143 Å². The quantitative estimate of drug-likeness (QED) is 0.629. The first-order valence-corrected chi connectivity index (χ1v) is 9.10. The molecule has 0 amide bonds. The highest BCUT2D eigenvalue weighted by atomic mass is 32.2. The van der Waals surface area contributed by atoms with Crippen LogP contribution in [0.15, 0.2) is 20.1 Å². The molecule has 1 fully saturated rings. The summed E-state index contributed by atoms with van der Waals surface area (Å²) < 4.78 is 13.5. The van der Waals surface area contributed by atoms with E-state index in [4.69, 9.17) is 8.83 Å². The number of aromatic nitrogens is 5. The maximum absolute atomic E-state index is 5.77. The summed E-state index contributed by atoms with van der Waals surface area (Å²) in [5, 5.41) is 17.8. The lowest BCUT2D eigenvalue weighted by molar-refractivity contribution is 0.499. The van der Waals surface area contributed by atoms with Crippen molar-refractivity contribution in [1.29, 1.82) is 0 Å². The van der Waals surface area contributed by atoms with Crippen LogP contribution in [0.3, 0.4) is 0 Å². The smallest absolute Gasteiger partial charge is 0.251 e. The normalized spacial score (nSPS) is 14.5. The molecule has 0 aliphatic heterocycles. The van der Waals surface area contributed by atoms with Crippen LogP contribution in [-0.2, 0) is 12.3 Å². The van der Waals surface area contributed by atoms with Gasteiger partial charge >= 0.3 is 0 Å². The second-order valence-corrected chi connectivity index (χ2v) is 6.92. The molecule has 1 aliphatic carbocycles. The number of rotatable bonds is 6. The van der Waals surface area contributed by atoms with Gasteiger partial charge in [0.1, 0.15) is 17.3 Å². The molecule has 0 aromatic carbocycles. The highest BCUT2D eigenvalue weighted by Gasteiger charge is 2.30. The first kappa shape index (κ1) is 15.4. The van der Waals surface area contributed by atoms with E-state index in [-0.39, 0.29) is 0 Å². The second kappa shape index (κ2) is 6.08. The third kappa shape index (κ3) is 2.86. The Morgan fingerprint density at radius 1 is 1.17 bits per heavy atom. The van der Waals surface area contributed by atoms with E-state index < -0.39 is 0 Å². The maximum atomic E-state index is 5.77. The van der Waals surface area contributed by atoms with Gasteiger partial charge in [-0.05, 0) is 39.7 Å². The number of thioether (sulfide) groups is 1. The highest BCUT2D eigenvalue weighted by Crippen LogP contribution is 2.40. The molecule has 1 saturated carbocycles. The molecule has 1 aliphatic rings. The van der Waals surface area contributed by atoms with Gasteiger partial charge in [0.2, 0.25) is 5.89 Å². The molecule has 3 heterocycles. The van der Waals surface area contributed by atoms with Crippen LogP contribution in [0.4, 0.5) is 0 Å². The lowest BCUT2D eigenvalue weighted by Crippen LogP contribution is -2.02. The molecule has 0 bridgehead atoms. The Kier molecular flexibility index (Phi) is 3.91. The summed E-state index contributed by atoms with van der Waals surface area (Å²) in [5.74, 6) is 4.97. The number of nitrogens with zero attached hydrogens (tertiary/aromatic N) is 5. The molecule has 4 rings (SSSR count). The van der Waals surface area contributed by atoms with Crippen molar-refractivity contribution in [2.75, 3.05) is 0 Å². The SMILES string of the molecule is CCn1c(SCc2nnc(-c3cc(C)oc3C)o2)nnc1C1CC1. The van der Waals surface area contributed by atoms with Crippen molar-refractivity contribution < 1.29 is 8.83 Å². The Bertz CT molecular complexity index is 862. The van der Waals surface area contributed by atoms with Crippen molar-refractivity contribution in [2.24, 2.45) is 0 Å². The largest absolute Gasteiger partial charge is 0.466 e. The Morgan fingerprint density at radius 2 is 2.00 bits per heavy atom. The zero-order valence-electron chi connectivity index (χ0n) is 13.9. The van der Waals surface area contributed by atoms with Crippen molar-refractivity contribution in [3.05, 3.63) is 29.3 Å². The fourth-order valence-corrected chi connectivity index (χ4v) is 3.58. The molecule has 0 N–H and O–H groups in total. The van der Waals surface area contributed by atoms with Crippen LogP contribution in [0.1, 0.15) is 48.9 Å². The van der Waals surface area contributed by atoms with Crippen molar-refractivity contribution >= 4 is 11.8 Å². The number of hydrogen-bond donors (Lipinski definition) is 0. The van der Waals surface area contributed by atoms with Gasteiger partial charge < -0.3 is 13.4 Å². The van der Waals surface area contributed by atoms with Gasteiger partial charge in [0.05, 0.1) is 11.3 Å². The summed E-state index contributed by atoms with van der Waals surface area (Å²) in [7, 11) is 0. The molecule has 3 aromatic rings. The first-order chi connectivity index (χ1) is 11.7. The number of aryl methyl sites for hydroxylation is 2. The fourth-order valence-electron chi connectivity index (χ4n) is 2.74. The summed E-state index contributed by atoms with van der Waals surface area (Å²) in [5.41, 5.74) is 0.851. The third-order valence-corrected chi connectivity index (χ3v) is 5.02. The van der Waals surface area contributed by atoms with Crippen LogP contribution in [0.25, 0.3) is 11.5 Å². The standard InChI is InChI=1S/C16H19N5O2S/c1-4-21-14(11-5-6-11)18-20-16(21)24-8-13-17-19-15(23-13)12-7-9(2)22-10(12)3/h7,11H,4-6,8H2,1-3H3. The molecule has 24 heavy (non-hydrogen) atoms. The van der Waals surface area contributed by atoms with E-state index in [1.165, 1.54) is 12.8 Å². The Morgan fingerprint density at radius 3 is 2.67 bits per heavy atom. The molecule has 0 atom stereocenters. The summed E-state index contributed by atoms with van der Waals surface area (Å²) in [6.45, 7) is 6.79. The van der Waals surface area contributed by atoms with Gasteiger partial charge in [-0.1, -0.05) is 11.8 Å². The highest BCUT2D eigenvalue weighted by molar-refractivity contribution is 7.98. The third-order valence-electron chi connectivity index (χ3n) is 4.07. The summed E-state index contributed by atoms with van der Waals surface area (Å²) in [4.78, 5) is 0. The van der Waals surface area contributed by atoms with E-state index in [1.807, 2.05) is 19.9 Å². The van der Waals surface area contributed by atoms with Gasteiger partial charge in [0.15, 0.2) is 5.16 Å². The average Bonchev–Trinajstić information content (AvgIpc) is 3.02. The van der Waals surface area contributed by atoms with Crippen LogP contribution in [-0.4, -0.2) is 25.0 Å².